The summed E-state index contributed by atoms with van der Waals surface area (Å²) in [6, 6.07) is 65.1. The molecule has 2 heterocycles. The Hall–Kier alpha value is -6.90. The van der Waals surface area contributed by atoms with E-state index in [0.29, 0.717) is 0 Å². The van der Waals surface area contributed by atoms with Crippen molar-refractivity contribution in [1.29, 1.82) is 0 Å². The lowest BCUT2D eigenvalue weighted by atomic mass is 9.86. The second kappa shape index (κ2) is 11.3. The Balaban J connectivity index is 0.996. The predicted molar refractivity (Wildman–Crippen MR) is 230 cm³/mol. The third kappa shape index (κ3) is 4.22. The predicted octanol–water partition coefficient (Wildman–Crippen LogP) is 13.7. The van der Waals surface area contributed by atoms with Crippen molar-refractivity contribution >= 4 is 81.9 Å². The fourth-order valence-corrected chi connectivity index (χ4v) is 9.57. The second-order valence-electron chi connectivity index (χ2n) is 14.9. The number of hydrogen-bond acceptors (Lipinski definition) is 0. The van der Waals surface area contributed by atoms with E-state index in [1.807, 2.05) is 0 Å². The highest BCUT2D eigenvalue weighted by molar-refractivity contribution is 6.25. The van der Waals surface area contributed by atoms with E-state index in [4.69, 9.17) is 0 Å². The van der Waals surface area contributed by atoms with Gasteiger partial charge in [0.15, 0.2) is 0 Å². The summed E-state index contributed by atoms with van der Waals surface area (Å²) >= 11 is 0. The topological polar surface area (TPSA) is 9.86 Å². The van der Waals surface area contributed by atoms with Crippen molar-refractivity contribution in [3.8, 4) is 11.4 Å². The molecule has 2 aromatic heterocycles. The smallest absolute Gasteiger partial charge is 0.0541 e. The lowest BCUT2D eigenvalue weighted by Gasteiger charge is -2.20. The Morgan fingerprint density at radius 1 is 0.370 bits per heavy atom. The first-order chi connectivity index (χ1) is 26.8. The number of nitrogens with zero attached hydrogens (tertiary/aromatic N) is 2. The molecule has 0 saturated heterocycles. The van der Waals surface area contributed by atoms with E-state index in [1.54, 1.807) is 0 Å². The molecule has 2 nitrogen and oxygen atoms in total. The summed E-state index contributed by atoms with van der Waals surface area (Å²) in [4.78, 5) is 0. The first kappa shape index (κ1) is 29.7. The second-order valence-corrected chi connectivity index (χ2v) is 14.9. The molecule has 0 bridgehead atoms. The van der Waals surface area contributed by atoms with Crippen molar-refractivity contribution in [2.24, 2.45) is 0 Å². The van der Waals surface area contributed by atoms with Crippen LogP contribution in [0.1, 0.15) is 22.7 Å². The summed E-state index contributed by atoms with van der Waals surface area (Å²) < 4.78 is 4.92. The minimum absolute atomic E-state index is 0.274. The van der Waals surface area contributed by atoms with Crippen LogP contribution < -0.4 is 0 Å². The maximum absolute atomic E-state index is 2.49. The summed E-state index contributed by atoms with van der Waals surface area (Å²) in [5, 5.41) is 14.2. The van der Waals surface area contributed by atoms with E-state index in [0.717, 1.165) is 6.42 Å². The first-order valence-corrected chi connectivity index (χ1v) is 18.9. The van der Waals surface area contributed by atoms with E-state index < -0.39 is 0 Å². The summed E-state index contributed by atoms with van der Waals surface area (Å²) in [6.45, 7) is 0. The van der Waals surface area contributed by atoms with Gasteiger partial charge in [0.1, 0.15) is 0 Å². The number of hydrogen-bond donors (Lipinski definition) is 0. The lowest BCUT2D eigenvalue weighted by Crippen LogP contribution is -2.07. The van der Waals surface area contributed by atoms with Crippen molar-refractivity contribution in [2.45, 2.75) is 12.3 Å². The van der Waals surface area contributed by atoms with Crippen LogP contribution in [-0.4, -0.2) is 9.13 Å². The molecule has 0 amide bonds. The van der Waals surface area contributed by atoms with Crippen LogP contribution in [0.2, 0.25) is 0 Å². The van der Waals surface area contributed by atoms with Crippen LogP contribution in [0.5, 0.6) is 0 Å². The van der Waals surface area contributed by atoms with Gasteiger partial charge >= 0.3 is 0 Å². The summed E-state index contributed by atoms with van der Waals surface area (Å²) in [7, 11) is 0. The molecule has 0 aliphatic heterocycles. The molecule has 252 valence electrons. The molecule has 0 saturated carbocycles. The fourth-order valence-electron chi connectivity index (χ4n) is 9.57. The van der Waals surface area contributed by atoms with Gasteiger partial charge in [-0.3, -0.25) is 0 Å². The number of fused-ring (bicyclic) bond motifs is 13. The van der Waals surface area contributed by atoms with Gasteiger partial charge in [0.25, 0.3) is 0 Å². The van der Waals surface area contributed by atoms with Crippen LogP contribution in [0.15, 0.2) is 182 Å². The average molecular weight is 687 g/mol. The lowest BCUT2D eigenvalue weighted by molar-refractivity contribution is 0.826. The molecule has 0 radical (unpaired) electrons. The SMILES string of the molecule is C1=CC(c2ccc3c(c2)c2ccccc2n3-c2ccc3ccccc3c2)Cc2c1n(-c1ccc3c4ccccc4c4ccccc4c3c1)c1ccccc21. The Morgan fingerprint density at radius 2 is 0.926 bits per heavy atom. The quantitative estimate of drug-likeness (QED) is 0.164. The Kier molecular flexibility index (Phi) is 6.20. The van der Waals surface area contributed by atoms with Crippen LogP contribution in [0.25, 0.3) is 93.2 Å². The zero-order valence-electron chi connectivity index (χ0n) is 29.6. The summed E-state index contributed by atoms with van der Waals surface area (Å²) in [5.41, 5.74) is 10.2. The zero-order chi connectivity index (χ0) is 35.3. The number of aromatic nitrogens is 2. The number of allylic oxidation sites excluding steroid dienone is 1. The minimum atomic E-state index is 0.274. The third-order valence-corrected chi connectivity index (χ3v) is 12.0. The standard InChI is InChI=1S/C52H34N2/c1-2-12-34-29-37(24-21-33(34)11-1)53-49-19-9-7-17-44(49)47-30-35(22-27-51(47)53)36-23-28-52-48(31-36)45-18-8-10-20-50(45)54(52)38-25-26-43-41-15-4-3-13-39(41)40-14-5-6-16-42(40)46(43)32-38/h1-30,32,36H,31H2. The molecule has 0 fully saturated rings. The van der Waals surface area contributed by atoms with Gasteiger partial charge in [-0.05, 0) is 115 Å². The van der Waals surface area contributed by atoms with Gasteiger partial charge < -0.3 is 9.13 Å². The van der Waals surface area contributed by atoms with Crippen LogP contribution in [0.3, 0.4) is 0 Å². The molecule has 2 heteroatoms. The molecule has 0 N–H and O–H groups in total. The molecule has 0 spiro atoms. The molecular weight excluding hydrogens is 653 g/mol. The largest absolute Gasteiger partial charge is 0.310 e. The molecule has 1 unspecified atom stereocenters. The number of para-hydroxylation sites is 2. The van der Waals surface area contributed by atoms with E-state index in [-0.39, 0.29) is 5.92 Å². The highest BCUT2D eigenvalue weighted by atomic mass is 15.0. The fraction of sp³-hybridized carbons (Fsp3) is 0.0385. The molecule has 1 aliphatic rings. The number of benzene rings is 9. The minimum Gasteiger partial charge on any atom is -0.310 e. The van der Waals surface area contributed by atoms with Crippen LogP contribution in [0, 0.1) is 0 Å². The molecule has 11 aromatic rings. The molecule has 54 heavy (non-hydrogen) atoms. The van der Waals surface area contributed by atoms with Crippen molar-refractivity contribution in [2.75, 3.05) is 0 Å². The van der Waals surface area contributed by atoms with Gasteiger partial charge in [0.05, 0.1) is 16.6 Å². The Bertz CT molecular complexity index is 3340. The van der Waals surface area contributed by atoms with Gasteiger partial charge in [-0.25, -0.2) is 0 Å². The van der Waals surface area contributed by atoms with Crippen LogP contribution in [-0.2, 0) is 6.42 Å². The van der Waals surface area contributed by atoms with Crippen LogP contribution in [0.4, 0.5) is 0 Å². The first-order valence-electron chi connectivity index (χ1n) is 18.9. The molecular formula is C52H34N2. The highest BCUT2D eigenvalue weighted by Crippen LogP contribution is 2.42. The normalized spacial score (nSPS) is 14.3. The zero-order valence-corrected chi connectivity index (χ0v) is 29.6. The third-order valence-electron chi connectivity index (χ3n) is 12.0. The Labute approximate surface area is 312 Å². The molecule has 9 aromatic carbocycles. The monoisotopic (exact) mass is 686 g/mol. The highest BCUT2D eigenvalue weighted by Gasteiger charge is 2.25. The van der Waals surface area contributed by atoms with E-state index in [2.05, 4.69) is 197 Å². The van der Waals surface area contributed by atoms with Gasteiger partial charge in [0.2, 0.25) is 0 Å². The molecule has 1 aliphatic carbocycles. The number of rotatable bonds is 3. The van der Waals surface area contributed by atoms with Gasteiger partial charge in [-0.15, -0.1) is 0 Å². The van der Waals surface area contributed by atoms with Crippen molar-refractivity contribution in [3.05, 3.63) is 199 Å². The van der Waals surface area contributed by atoms with Gasteiger partial charge in [-0.2, -0.15) is 0 Å². The van der Waals surface area contributed by atoms with E-state index in [9.17, 15) is 0 Å². The summed E-state index contributed by atoms with van der Waals surface area (Å²) in [5.74, 6) is 0.274. The van der Waals surface area contributed by atoms with Crippen molar-refractivity contribution in [3.63, 3.8) is 0 Å². The maximum atomic E-state index is 2.49. The van der Waals surface area contributed by atoms with Crippen molar-refractivity contribution in [1.82, 2.24) is 9.13 Å². The van der Waals surface area contributed by atoms with Gasteiger partial charge in [0, 0.05) is 39.1 Å². The van der Waals surface area contributed by atoms with Gasteiger partial charge in [-0.1, -0.05) is 133 Å². The maximum Gasteiger partial charge on any atom is 0.0541 e. The van der Waals surface area contributed by atoms with E-state index >= 15 is 0 Å². The summed E-state index contributed by atoms with van der Waals surface area (Å²) in [6.07, 6.45) is 5.77. The molecule has 12 rings (SSSR count). The molecule has 1 atom stereocenters. The van der Waals surface area contributed by atoms with Crippen molar-refractivity contribution < 1.29 is 0 Å². The van der Waals surface area contributed by atoms with E-state index in [1.165, 1.54) is 104 Å². The van der Waals surface area contributed by atoms with Crippen LogP contribution >= 0.6 is 0 Å². The average Bonchev–Trinajstić information content (AvgIpc) is 3.75. The Morgan fingerprint density at radius 3 is 1.69 bits per heavy atom.